The Hall–Kier alpha value is -2.35. The molecule has 8 nitrogen and oxygen atoms in total. The fourth-order valence-corrected chi connectivity index (χ4v) is 4.34. The van der Waals surface area contributed by atoms with Crippen molar-refractivity contribution in [2.75, 3.05) is 31.7 Å². The molecule has 178 valence electrons. The summed E-state index contributed by atoms with van der Waals surface area (Å²) in [4.78, 5) is 32.4. The molecule has 1 fully saturated rings. The maximum atomic E-state index is 12.4. The Morgan fingerprint density at radius 1 is 1.16 bits per heavy atom. The fraction of sp³-hybridized carbons (Fsp3) is 0.708. The minimum Gasteiger partial charge on any atom is -0.452 e. The molecule has 0 radical (unpaired) electrons. The number of fused-ring (bicyclic) bond motifs is 1. The minimum atomic E-state index is -0.476. The molecule has 8 heteroatoms. The number of hydrogen-bond acceptors (Lipinski definition) is 6. The van der Waals surface area contributed by atoms with Crippen LogP contribution >= 0.6 is 0 Å². The van der Waals surface area contributed by atoms with E-state index in [0.29, 0.717) is 19.7 Å². The number of ether oxygens (including phenoxy) is 3. The van der Waals surface area contributed by atoms with Gasteiger partial charge in [-0.3, -0.25) is 4.90 Å². The third-order valence-electron chi connectivity index (χ3n) is 5.91. The maximum absolute atomic E-state index is 12.4. The van der Waals surface area contributed by atoms with Gasteiger partial charge in [0.1, 0.15) is 11.4 Å². The Labute approximate surface area is 191 Å². The quantitative estimate of drug-likeness (QED) is 0.570. The second-order valence-electron chi connectivity index (χ2n) is 9.58. The number of unbranched alkanes of at least 4 members (excludes halogenated alkanes) is 2. The van der Waals surface area contributed by atoms with Crippen LogP contribution in [0.25, 0.3) is 0 Å². The number of rotatable bonds is 7. The number of hydrogen-bond donors (Lipinski definition) is 0. The average Bonchev–Trinajstić information content (AvgIpc) is 3.23. The van der Waals surface area contributed by atoms with E-state index in [1.165, 1.54) is 7.11 Å². The first-order chi connectivity index (χ1) is 15.3. The number of carbonyl (C=O) groups excluding carboxylic acids is 2. The van der Waals surface area contributed by atoms with Gasteiger partial charge < -0.3 is 19.1 Å². The van der Waals surface area contributed by atoms with Gasteiger partial charge in [0.2, 0.25) is 0 Å². The highest BCUT2D eigenvalue weighted by atomic mass is 16.6. The maximum Gasteiger partial charge on any atom is 0.415 e. The number of methoxy groups -OCH3 is 1. The molecule has 1 aromatic rings. The number of nitrogens with zero attached hydrogens (tertiary/aromatic N) is 3. The van der Waals surface area contributed by atoms with E-state index in [-0.39, 0.29) is 24.3 Å². The lowest BCUT2D eigenvalue weighted by Crippen LogP contribution is -2.44. The molecule has 2 amide bonds. The second-order valence-corrected chi connectivity index (χ2v) is 9.58. The molecule has 1 aromatic heterocycles. The first-order valence-corrected chi connectivity index (χ1v) is 11.7. The monoisotopic (exact) mass is 447 g/mol. The van der Waals surface area contributed by atoms with Gasteiger partial charge in [-0.25, -0.2) is 14.6 Å². The van der Waals surface area contributed by atoms with Crippen molar-refractivity contribution in [3.8, 4) is 0 Å². The van der Waals surface area contributed by atoms with Crippen molar-refractivity contribution in [3.05, 3.63) is 23.9 Å². The smallest absolute Gasteiger partial charge is 0.415 e. The molecule has 0 saturated carbocycles. The molecular formula is C24H37N3O5. The number of anilines is 1. The van der Waals surface area contributed by atoms with Crippen molar-refractivity contribution in [2.24, 2.45) is 0 Å². The summed E-state index contributed by atoms with van der Waals surface area (Å²) in [5.74, 6) is 0.731. The molecule has 2 aliphatic rings. The molecule has 0 spiro atoms. The van der Waals surface area contributed by atoms with E-state index in [2.05, 4.69) is 4.98 Å². The van der Waals surface area contributed by atoms with E-state index >= 15 is 0 Å². The van der Waals surface area contributed by atoms with E-state index in [1.54, 1.807) is 16.0 Å². The highest BCUT2D eigenvalue weighted by Crippen LogP contribution is 2.31. The van der Waals surface area contributed by atoms with E-state index in [9.17, 15) is 9.59 Å². The van der Waals surface area contributed by atoms with Crippen LogP contribution < -0.4 is 4.90 Å². The van der Waals surface area contributed by atoms with Crippen LogP contribution in [0.5, 0.6) is 0 Å². The highest BCUT2D eigenvalue weighted by Gasteiger charge is 2.33. The summed E-state index contributed by atoms with van der Waals surface area (Å²) in [6, 6.07) is 4.05. The molecule has 2 atom stereocenters. The Morgan fingerprint density at radius 3 is 2.72 bits per heavy atom. The largest absolute Gasteiger partial charge is 0.452 e. The van der Waals surface area contributed by atoms with Crippen molar-refractivity contribution in [2.45, 2.75) is 83.5 Å². The van der Waals surface area contributed by atoms with E-state index in [0.717, 1.165) is 56.3 Å². The summed E-state index contributed by atoms with van der Waals surface area (Å²) in [5, 5.41) is 0. The van der Waals surface area contributed by atoms with Crippen molar-refractivity contribution < 1.29 is 23.8 Å². The lowest BCUT2D eigenvalue weighted by atomic mass is 9.95. The zero-order chi connectivity index (χ0) is 23.1. The summed E-state index contributed by atoms with van der Waals surface area (Å²) < 4.78 is 16.4. The summed E-state index contributed by atoms with van der Waals surface area (Å²) >= 11 is 0. The second kappa shape index (κ2) is 11.0. The molecule has 0 aromatic carbocycles. The molecule has 0 bridgehead atoms. The van der Waals surface area contributed by atoms with Gasteiger partial charge >= 0.3 is 12.2 Å². The van der Waals surface area contributed by atoms with Crippen molar-refractivity contribution in [1.82, 2.24) is 9.88 Å². The number of carbonyl (C=O) groups is 2. The van der Waals surface area contributed by atoms with Crippen LogP contribution in [0.15, 0.2) is 18.3 Å². The summed E-state index contributed by atoms with van der Waals surface area (Å²) in [5.41, 5.74) is 0.621. The molecular weight excluding hydrogens is 410 g/mol. The number of aromatic nitrogens is 1. The van der Waals surface area contributed by atoms with E-state index in [1.807, 2.05) is 32.9 Å². The topological polar surface area (TPSA) is 81.2 Å². The average molecular weight is 448 g/mol. The molecule has 3 rings (SSSR count). The van der Waals surface area contributed by atoms with Gasteiger partial charge in [0.15, 0.2) is 0 Å². The standard InChI is InChI=1S/C24H37N3O5/c1-24(2,3)32-22(28)26-15-13-20(17-26)31-16-7-5-6-10-19-12-11-18-9-8-14-25-21(18)27(19)23(29)30-4/h8-9,14,19-20H,5-7,10-13,15-17H2,1-4H3/t19?,20-/m1/s1. The zero-order valence-corrected chi connectivity index (χ0v) is 19.8. The van der Waals surface area contributed by atoms with Gasteiger partial charge in [-0.15, -0.1) is 0 Å². The predicted molar refractivity (Wildman–Crippen MR) is 122 cm³/mol. The zero-order valence-electron chi connectivity index (χ0n) is 19.8. The number of likely N-dealkylation sites (tertiary alicyclic amines) is 1. The van der Waals surface area contributed by atoms with Crippen molar-refractivity contribution in [1.29, 1.82) is 0 Å². The van der Waals surface area contributed by atoms with Crippen LogP contribution in [0.2, 0.25) is 0 Å². The lowest BCUT2D eigenvalue weighted by Gasteiger charge is -2.35. The molecule has 3 heterocycles. The van der Waals surface area contributed by atoms with E-state index < -0.39 is 5.60 Å². The number of amides is 2. The van der Waals surface area contributed by atoms with Crippen LogP contribution in [0.4, 0.5) is 15.4 Å². The lowest BCUT2D eigenvalue weighted by molar-refractivity contribution is 0.0206. The van der Waals surface area contributed by atoms with Crippen LogP contribution in [-0.2, 0) is 20.6 Å². The molecule has 0 aliphatic carbocycles. The Balaban J connectivity index is 1.35. The molecule has 1 saturated heterocycles. The Bertz CT molecular complexity index is 779. The van der Waals surface area contributed by atoms with Gasteiger partial charge in [-0.2, -0.15) is 0 Å². The number of pyridine rings is 1. The van der Waals surface area contributed by atoms with Crippen LogP contribution in [0.1, 0.15) is 64.9 Å². The van der Waals surface area contributed by atoms with Crippen molar-refractivity contribution >= 4 is 18.0 Å². The Kier molecular flexibility index (Phi) is 8.34. The third-order valence-corrected chi connectivity index (χ3v) is 5.91. The minimum absolute atomic E-state index is 0.0817. The van der Waals surface area contributed by atoms with E-state index in [4.69, 9.17) is 14.2 Å². The van der Waals surface area contributed by atoms with Crippen molar-refractivity contribution in [3.63, 3.8) is 0 Å². The van der Waals surface area contributed by atoms with Gasteiger partial charge in [0.05, 0.1) is 19.8 Å². The number of aryl methyl sites for hydroxylation is 1. The van der Waals surface area contributed by atoms with Gasteiger partial charge in [-0.1, -0.05) is 18.9 Å². The van der Waals surface area contributed by atoms with Crippen LogP contribution in [0, 0.1) is 0 Å². The van der Waals surface area contributed by atoms with Crippen LogP contribution in [0.3, 0.4) is 0 Å². The Morgan fingerprint density at radius 2 is 1.97 bits per heavy atom. The normalized spacial score (nSPS) is 20.8. The molecule has 0 N–H and O–H groups in total. The van der Waals surface area contributed by atoms with Crippen LogP contribution in [-0.4, -0.2) is 66.6 Å². The molecule has 1 unspecified atom stereocenters. The van der Waals surface area contributed by atoms with Gasteiger partial charge in [0, 0.05) is 25.4 Å². The predicted octanol–water partition coefficient (Wildman–Crippen LogP) is 4.56. The molecule has 2 aliphatic heterocycles. The first kappa shape index (κ1) is 24.3. The SMILES string of the molecule is COC(=O)N1c2ncccc2CCC1CCCCCO[C@@H]1CCN(C(=O)OC(C)(C)C)C1. The first-order valence-electron chi connectivity index (χ1n) is 11.7. The third kappa shape index (κ3) is 6.58. The van der Waals surface area contributed by atoms with Gasteiger partial charge in [-0.05, 0) is 64.5 Å². The summed E-state index contributed by atoms with van der Waals surface area (Å²) in [6.07, 6.45) is 7.83. The highest BCUT2D eigenvalue weighted by molar-refractivity contribution is 5.88. The summed E-state index contributed by atoms with van der Waals surface area (Å²) in [6.45, 7) is 7.59. The molecule has 32 heavy (non-hydrogen) atoms. The fourth-order valence-electron chi connectivity index (χ4n) is 4.34. The summed E-state index contributed by atoms with van der Waals surface area (Å²) in [7, 11) is 1.42. The van der Waals surface area contributed by atoms with Gasteiger partial charge in [0.25, 0.3) is 0 Å².